The van der Waals surface area contributed by atoms with Crippen LogP contribution in [0.4, 0.5) is 0 Å². The molecule has 0 unspecified atom stereocenters. The van der Waals surface area contributed by atoms with Crippen LogP contribution in [0.1, 0.15) is 83.5 Å². The third-order valence-corrected chi connectivity index (χ3v) is 3.85. The molecule has 0 aliphatic rings. The van der Waals surface area contributed by atoms with Crippen molar-refractivity contribution >= 4 is 5.97 Å². The van der Waals surface area contributed by atoms with E-state index < -0.39 is 0 Å². The fraction of sp³-hybridized carbons (Fsp3) is 0.944. The van der Waals surface area contributed by atoms with E-state index in [9.17, 15) is 4.79 Å². The van der Waals surface area contributed by atoms with Crippen molar-refractivity contribution in [2.45, 2.75) is 83.5 Å². The van der Waals surface area contributed by atoms with Gasteiger partial charge in [0.25, 0.3) is 0 Å². The van der Waals surface area contributed by atoms with Crippen LogP contribution in [-0.2, 0) is 19.0 Å². The second-order valence-electron chi connectivity index (χ2n) is 5.88. The summed E-state index contributed by atoms with van der Waals surface area (Å²) in [6.45, 7) is 1.24. The summed E-state index contributed by atoms with van der Waals surface area (Å²) in [5, 5.41) is 0. The largest absolute Gasteiger partial charge is 0.469 e. The fourth-order valence-electron chi connectivity index (χ4n) is 2.49. The minimum absolute atomic E-state index is 0.0785. The van der Waals surface area contributed by atoms with E-state index in [0.717, 1.165) is 25.9 Å². The molecule has 4 heteroatoms. The molecule has 4 nitrogen and oxygen atoms in total. The first-order chi connectivity index (χ1) is 10.8. The van der Waals surface area contributed by atoms with Crippen molar-refractivity contribution in [2.24, 2.45) is 0 Å². The van der Waals surface area contributed by atoms with Crippen molar-refractivity contribution in [1.29, 1.82) is 0 Å². The summed E-state index contributed by atoms with van der Waals surface area (Å²) in [7, 11) is 3.11. The average molecular weight is 316 g/mol. The highest BCUT2D eigenvalue weighted by Crippen LogP contribution is 2.12. The zero-order valence-corrected chi connectivity index (χ0v) is 14.7. The lowest BCUT2D eigenvalue weighted by Gasteiger charge is -2.04. The summed E-state index contributed by atoms with van der Waals surface area (Å²) in [4.78, 5) is 10.9. The van der Waals surface area contributed by atoms with E-state index in [0.29, 0.717) is 13.2 Å². The van der Waals surface area contributed by atoms with E-state index >= 15 is 0 Å². The summed E-state index contributed by atoms with van der Waals surface area (Å²) < 4.78 is 14.7. The summed E-state index contributed by atoms with van der Waals surface area (Å²) in [5.41, 5.74) is 0. The number of rotatable bonds is 17. The minimum Gasteiger partial charge on any atom is -0.469 e. The third kappa shape index (κ3) is 17.4. The Kier molecular flexibility index (Phi) is 17.9. The number of methoxy groups -OCH3 is 2. The van der Waals surface area contributed by atoms with Gasteiger partial charge in [0.05, 0.1) is 7.11 Å². The number of ether oxygens (including phenoxy) is 3. The van der Waals surface area contributed by atoms with Gasteiger partial charge < -0.3 is 14.2 Å². The molecule has 0 aliphatic heterocycles. The van der Waals surface area contributed by atoms with Gasteiger partial charge in [0, 0.05) is 20.1 Å². The molecule has 22 heavy (non-hydrogen) atoms. The number of hydrogen-bond acceptors (Lipinski definition) is 4. The molecule has 0 fully saturated rings. The smallest absolute Gasteiger partial charge is 0.305 e. The van der Waals surface area contributed by atoms with E-state index in [1.165, 1.54) is 64.9 Å². The minimum atomic E-state index is -0.0785. The summed E-state index contributed by atoms with van der Waals surface area (Å²) in [5.74, 6) is -0.0785. The maximum atomic E-state index is 10.9. The van der Waals surface area contributed by atoms with Gasteiger partial charge in [0.15, 0.2) is 0 Å². The monoisotopic (exact) mass is 316 g/mol. The van der Waals surface area contributed by atoms with Crippen molar-refractivity contribution in [2.75, 3.05) is 27.6 Å². The molecule has 0 saturated carbocycles. The van der Waals surface area contributed by atoms with Gasteiger partial charge in [0.2, 0.25) is 0 Å². The first-order valence-electron chi connectivity index (χ1n) is 8.94. The van der Waals surface area contributed by atoms with E-state index in [-0.39, 0.29) is 5.97 Å². The maximum Gasteiger partial charge on any atom is 0.305 e. The quantitative estimate of drug-likeness (QED) is 0.218. The lowest BCUT2D eigenvalue weighted by molar-refractivity contribution is -0.140. The van der Waals surface area contributed by atoms with Crippen LogP contribution in [0.15, 0.2) is 0 Å². The highest BCUT2D eigenvalue weighted by atomic mass is 16.7. The molecular weight excluding hydrogens is 280 g/mol. The summed E-state index contributed by atoms with van der Waals surface area (Å²) in [6, 6.07) is 0. The lowest BCUT2D eigenvalue weighted by Crippen LogP contribution is -1.99. The summed E-state index contributed by atoms with van der Waals surface area (Å²) in [6.07, 6.45) is 15.8. The predicted octanol–water partition coefficient (Wildman–Crippen LogP) is 4.85. The molecule has 0 aliphatic carbocycles. The van der Waals surface area contributed by atoms with Gasteiger partial charge in [-0.15, -0.1) is 0 Å². The Labute approximate surface area is 136 Å². The zero-order chi connectivity index (χ0) is 16.3. The Morgan fingerprint density at radius 2 is 1.14 bits per heavy atom. The standard InChI is InChI=1S/C18H36O4/c1-20-17-22-16-14-12-10-8-6-4-3-5-7-9-11-13-15-18(19)21-2/h3-17H2,1-2H3. The SMILES string of the molecule is COCOCCCCCCCCCCCCCCC(=O)OC. The highest BCUT2D eigenvalue weighted by molar-refractivity contribution is 5.68. The van der Waals surface area contributed by atoms with Gasteiger partial charge in [-0.3, -0.25) is 4.79 Å². The van der Waals surface area contributed by atoms with E-state index in [4.69, 9.17) is 9.47 Å². The van der Waals surface area contributed by atoms with Gasteiger partial charge >= 0.3 is 5.97 Å². The number of carbonyl (C=O) groups excluding carboxylic acids is 1. The first kappa shape index (κ1) is 21.4. The molecule has 0 rings (SSSR count). The third-order valence-electron chi connectivity index (χ3n) is 3.85. The van der Waals surface area contributed by atoms with Crippen LogP contribution in [0.25, 0.3) is 0 Å². The highest BCUT2D eigenvalue weighted by Gasteiger charge is 1.99. The molecule has 0 N–H and O–H groups in total. The van der Waals surface area contributed by atoms with Gasteiger partial charge in [-0.25, -0.2) is 0 Å². The molecule has 0 heterocycles. The van der Waals surface area contributed by atoms with Gasteiger partial charge in [-0.05, 0) is 12.8 Å². The predicted molar refractivity (Wildman–Crippen MR) is 89.9 cm³/mol. The van der Waals surface area contributed by atoms with Gasteiger partial charge in [0.1, 0.15) is 6.79 Å². The maximum absolute atomic E-state index is 10.9. The molecule has 0 aromatic carbocycles. The van der Waals surface area contributed by atoms with Crippen molar-refractivity contribution in [3.8, 4) is 0 Å². The molecular formula is C18H36O4. The molecule has 0 radical (unpaired) electrons. The summed E-state index contributed by atoms with van der Waals surface area (Å²) >= 11 is 0. The first-order valence-corrected chi connectivity index (χ1v) is 8.94. The molecule has 132 valence electrons. The number of unbranched alkanes of at least 4 members (excludes halogenated alkanes) is 11. The zero-order valence-electron chi connectivity index (χ0n) is 14.7. The van der Waals surface area contributed by atoms with Crippen LogP contribution in [0.3, 0.4) is 0 Å². The van der Waals surface area contributed by atoms with E-state index in [1.54, 1.807) is 7.11 Å². The Bertz CT molecular complexity index is 231. The molecule has 0 aromatic heterocycles. The Morgan fingerprint density at radius 1 is 0.682 bits per heavy atom. The van der Waals surface area contributed by atoms with Crippen molar-refractivity contribution in [3.63, 3.8) is 0 Å². The molecule has 0 spiro atoms. The second kappa shape index (κ2) is 18.4. The van der Waals surface area contributed by atoms with Crippen LogP contribution in [0.2, 0.25) is 0 Å². The number of hydrogen-bond donors (Lipinski definition) is 0. The second-order valence-corrected chi connectivity index (χ2v) is 5.88. The van der Waals surface area contributed by atoms with Gasteiger partial charge in [-0.2, -0.15) is 0 Å². The van der Waals surface area contributed by atoms with Crippen LogP contribution < -0.4 is 0 Å². The van der Waals surface area contributed by atoms with E-state index in [1.807, 2.05) is 0 Å². The Morgan fingerprint density at radius 3 is 1.59 bits per heavy atom. The topological polar surface area (TPSA) is 44.8 Å². The van der Waals surface area contributed by atoms with Crippen LogP contribution in [-0.4, -0.2) is 33.6 Å². The molecule has 0 bridgehead atoms. The van der Waals surface area contributed by atoms with Crippen LogP contribution in [0, 0.1) is 0 Å². The number of carbonyl (C=O) groups is 1. The van der Waals surface area contributed by atoms with Crippen molar-refractivity contribution < 1.29 is 19.0 Å². The Balaban J connectivity index is 2.98. The van der Waals surface area contributed by atoms with Crippen molar-refractivity contribution in [3.05, 3.63) is 0 Å². The van der Waals surface area contributed by atoms with Crippen LogP contribution >= 0.6 is 0 Å². The normalized spacial score (nSPS) is 10.8. The van der Waals surface area contributed by atoms with Crippen molar-refractivity contribution in [1.82, 2.24) is 0 Å². The van der Waals surface area contributed by atoms with Gasteiger partial charge in [-0.1, -0.05) is 64.2 Å². The van der Waals surface area contributed by atoms with Crippen LogP contribution in [0.5, 0.6) is 0 Å². The fourth-order valence-corrected chi connectivity index (χ4v) is 2.49. The average Bonchev–Trinajstić information content (AvgIpc) is 2.54. The lowest BCUT2D eigenvalue weighted by atomic mass is 10.0. The molecule has 0 aromatic rings. The molecule has 0 atom stereocenters. The number of esters is 1. The Hall–Kier alpha value is -0.610. The molecule has 0 saturated heterocycles. The molecule has 0 amide bonds. The van der Waals surface area contributed by atoms with E-state index in [2.05, 4.69) is 4.74 Å².